The van der Waals surface area contributed by atoms with Gasteiger partial charge in [0, 0.05) is 7.11 Å². The molecule has 3 heteroatoms. The van der Waals surface area contributed by atoms with Gasteiger partial charge in [-0.05, 0) is 12.5 Å². The fourth-order valence-corrected chi connectivity index (χ4v) is 1.21. The Balaban J connectivity index is 2.73. The van der Waals surface area contributed by atoms with Crippen molar-refractivity contribution in [2.75, 3.05) is 13.9 Å². The van der Waals surface area contributed by atoms with Gasteiger partial charge < -0.3 is 9.47 Å². The molecule has 0 aliphatic rings. The summed E-state index contributed by atoms with van der Waals surface area (Å²) >= 11 is 0. The molecule has 14 heavy (non-hydrogen) atoms. The van der Waals surface area contributed by atoms with E-state index in [1.54, 1.807) is 0 Å². The zero-order valence-corrected chi connectivity index (χ0v) is 8.40. The van der Waals surface area contributed by atoms with Gasteiger partial charge in [-0.3, -0.25) is 4.79 Å². The summed E-state index contributed by atoms with van der Waals surface area (Å²) in [5.74, 6) is -0.0201. The van der Waals surface area contributed by atoms with Crippen molar-refractivity contribution in [1.29, 1.82) is 0 Å². The first-order chi connectivity index (χ1) is 6.75. The normalized spacial score (nSPS) is 12.4. The summed E-state index contributed by atoms with van der Waals surface area (Å²) in [4.78, 5) is 11.3. The molecule has 0 aromatic heterocycles. The summed E-state index contributed by atoms with van der Waals surface area (Å²) in [7, 11) is 1.53. The van der Waals surface area contributed by atoms with Crippen LogP contribution in [0.1, 0.15) is 18.6 Å². The van der Waals surface area contributed by atoms with E-state index >= 15 is 0 Å². The van der Waals surface area contributed by atoms with Gasteiger partial charge in [0.25, 0.3) is 0 Å². The predicted octanol–water partition coefficient (Wildman–Crippen LogP) is 1.94. The van der Waals surface area contributed by atoms with E-state index < -0.39 is 6.10 Å². The number of carbonyl (C=O) groups is 1. The van der Waals surface area contributed by atoms with Crippen LogP contribution in [-0.2, 0) is 14.3 Å². The van der Waals surface area contributed by atoms with Crippen LogP contribution in [0.5, 0.6) is 0 Å². The molecule has 0 aliphatic carbocycles. The van der Waals surface area contributed by atoms with Crippen LogP contribution in [-0.4, -0.2) is 19.7 Å². The SMILES string of the molecule is COCOC(C(C)=O)c1ccccc1. The van der Waals surface area contributed by atoms with E-state index in [4.69, 9.17) is 9.47 Å². The van der Waals surface area contributed by atoms with Crippen molar-refractivity contribution in [3.63, 3.8) is 0 Å². The monoisotopic (exact) mass is 194 g/mol. The zero-order chi connectivity index (χ0) is 10.4. The lowest BCUT2D eigenvalue weighted by atomic mass is 10.1. The maximum absolute atomic E-state index is 11.3. The maximum atomic E-state index is 11.3. The largest absolute Gasteiger partial charge is 0.359 e. The highest BCUT2D eigenvalue weighted by Crippen LogP contribution is 2.17. The number of ether oxygens (including phenoxy) is 2. The first kappa shape index (κ1) is 10.9. The Morgan fingerprint density at radius 3 is 2.50 bits per heavy atom. The topological polar surface area (TPSA) is 35.5 Å². The van der Waals surface area contributed by atoms with Crippen molar-refractivity contribution in [2.24, 2.45) is 0 Å². The number of ketones is 1. The highest BCUT2D eigenvalue weighted by Gasteiger charge is 2.16. The molecule has 0 aliphatic heterocycles. The molecule has 0 saturated heterocycles. The van der Waals surface area contributed by atoms with Gasteiger partial charge in [0.05, 0.1) is 0 Å². The third-order valence-corrected chi connectivity index (χ3v) is 1.82. The molecule has 0 amide bonds. The van der Waals surface area contributed by atoms with E-state index in [9.17, 15) is 4.79 Å². The second-order valence-electron chi connectivity index (χ2n) is 2.97. The molecular formula is C11H14O3. The van der Waals surface area contributed by atoms with Gasteiger partial charge >= 0.3 is 0 Å². The lowest BCUT2D eigenvalue weighted by molar-refractivity contribution is -0.138. The quantitative estimate of drug-likeness (QED) is 0.672. The van der Waals surface area contributed by atoms with E-state index in [0.29, 0.717) is 0 Å². The number of hydrogen-bond acceptors (Lipinski definition) is 3. The van der Waals surface area contributed by atoms with Gasteiger partial charge in [-0.15, -0.1) is 0 Å². The van der Waals surface area contributed by atoms with E-state index in [1.807, 2.05) is 30.3 Å². The van der Waals surface area contributed by atoms with Crippen LogP contribution in [0.4, 0.5) is 0 Å². The first-order valence-electron chi connectivity index (χ1n) is 4.41. The minimum absolute atomic E-state index is 0.0201. The van der Waals surface area contributed by atoms with Crippen molar-refractivity contribution in [2.45, 2.75) is 13.0 Å². The molecule has 0 heterocycles. The van der Waals surface area contributed by atoms with E-state index in [0.717, 1.165) is 5.56 Å². The second-order valence-corrected chi connectivity index (χ2v) is 2.97. The summed E-state index contributed by atoms with van der Waals surface area (Å²) in [6.45, 7) is 1.63. The summed E-state index contributed by atoms with van der Waals surface area (Å²) in [5.41, 5.74) is 0.858. The molecule has 0 radical (unpaired) electrons. The van der Waals surface area contributed by atoms with Gasteiger partial charge in [0.15, 0.2) is 5.78 Å². The molecule has 0 spiro atoms. The highest BCUT2D eigenvalue weighted by molar-refractivity contribution is 5.81. The Kier molecular flexibility index (Phi) is 4.29. The average molecular weight is 194 g/mol. The van der Waals surface area contributed by atoms with Gasteiger partial charge in [0.1, 0.15) is 12.9 Å². The Morgan fingerprint density at radius 1 is 1.36 bits per heavy atom. The van der Waals surface area contributed by atoms with Crippen molar-refractivity contribution in [3.05, 3.63) is 35.9 Å². The first-order valence-corrected chi connectivity index (χ1v) is 4.41. The standard InChI is InChI=1S/C11H14O3/c1-9(12)11(14-8-13-2)10-6-4-3-5-7-10/h3-7,11H,8H2,1-2H3. The Morgan fingerprint density at radius 2 is 2.00 bits per heavy atom. The Hall–Kier alpha value is -1.19. The smallest absolute Gasteiger partial charge is 0.163 e. The van der Waals surface area contributed by atoms with Crippen molar-refractivity contribution < 1.29 is 14.3 Å². The molecular weight excluding hydrogens is 180 g/mol. The molecule has 0 fully saturated rings. The van der Waals surface area contributed by atoms with Gasteiger partial charge in [-0.25, -0.2) is 0 Å². The van der Waals surface area contributed by atoms with Crippen molar-refractivity contribution in [1.82, 2.24) is 0 Å². The second kappa shape index (κ2) is 5.52. The summed E-state index contributed by atoms with van der Waals surface area (Å²) in [6.07, 6.45) is -0.517. The van der Waals surface area contributed by atoms with Crippen LogP contribution >= 0.6 is 0 Å². The molecule has 1 aromatic carbocycles. The minimum atomic E-state index is -0.517. The van der Waals surface area contributed by atoms with Gasteiger partial charge in [-0.1, -0.05) is 30.3 Å². The third kappa shape index (κ3) is 2.94. The number of benzene rings is 1. The molecule has 1 rings (SSSR count). The Bertz CT molecular complexity index is 282. The molecule has 3 nitrogen and oxygen atoms in total. The van der Waals surface area contributed by atoms with Crippen LogP contribution in [0.25, 0.3) is 0 Å². The molecule has 0 N–H and O–H groups in total. The lowest BCUT2D eigenvalue weighted by Gasteiger charge is -2.14. The number of methoxy groups -OCH3 is 1. The maximum Gasteiger partial charge on any atom is 0.163 e. The van der Waals surface area contributed by atoms with E-state index in [2.05, 4.69) is 0 Å². The molecule has 1 unspecified atom stereocenters. The molecule has 1 atom stereocenters. The van der Waals surface area contributed by atoms with Crippen LogP contribution in [0.2, 0.25) is 0 Å². The number of hydrogen-bond donors (Lipinski definition) is 0. The van der Waals surface area contributed by atoms with Crippen LogP contribution < -0.4 is 0 Å². The van der Waals surface area contributed by atoms with Crippen molar-refractivity contribution in [3.8, 4) is 0 Å². The molecule has 1 aromatic rings. The molecule has 76 valence electrons. The highest BCUT2D eigenvalue weighted by atomic mass is 16.7. The Labute approximate surface area is 83.6 Å². The number of carbonyl (C=O) groups excluding carboxylic acids is 1. The average Bonchev–Trinajstić information content (AvgIpc) is 2.19. The van der Waals surface area contributed by atoms with Crippen LogP contribution in [0.15, 0.2) is 30.3 Å². The number of rotatable bonds is 5. The summed E-state index contributed by atoms with van der Waals surface area (Å²) in [6, 6.07) is 9.38. The summed E-state index contributed by atoms with van der Waals surface area (Å²) < 4.78 is 10.0. The fraction of sp³-hybridized carbons (Fsp3) is 0.364. The van der Waals surface area contributed by atoms with Crippen LogP contribution in [0.3, 0.4) is 0 Å². The number of Topliss-reactive ketones (excluding diaryl/α,β-unsaturated/α-hetero) is 1. The minimum Gasteiger partial charge on any atom is -0.359 e. The predicted molar refractivity (Wildman–Crippen MR) is 52.8 cm³/mol. The van der Waals surface area contributed by atoms with E-state index in [-0.39, 0.29) is 12.6 Å². The third-order valence-electron chi connectivity index (χ3n) is 1.82. The van der Waals surface area contributed by atoms with Crippen LogP contribution in [0, 0.1) is 0 Å². The molecule has 0 bridgehead atoms. The van der Waals surface area contributed by atoms with Crippen molar-refractivity contribution >= 4 is 5.78 Å². The van der Waals surface area contributed by atoms with E-state index in [1.165, 1.54) is 14.0 Å². The van der Waals surface area contributed by atoms with Gasteiger partial charge in [-0.2, -0.15) is 0 Å². The zero-order valence-electron chi connectivity index (χ0n) is 8.40. The lowest BCUT2D eigenvalue weighted by Crippen LogP contribution is -2.14. The summed E-state index contributed by atoms with van der Waals surface area (Å²) in [5, 5.41) is 0. The van der Waals surface area contributed by atoms with Gasteiger partial charge in [0.2, 0.25) is 0 Å². The molecule has 0 saturated carbocycles. The fourth-order valence-electron chi connectivity index (χ4n) is 1.21.